The van der Waals surface area contributed by atoms with Crippen LogP contribution in [0.15, 0.2) is 23.8 Å². The van der Waals surface area contributed by atoms with Crippen LogP contribution in [0.4, 0.5) is 0 Å². The largest absolute Gasteiger partial charge is 0.462 e. The number of methoxy groups -OCH3 is 1. The Balaban J connectivity index is 0.887. The van der Waals surface area contributed by atoms with Gasteiger partial charge in [0.2, 0.25) is 0 Å². The minimum Gasteiger partial charge on any atom is -0.462 e. The number of aliphatic hydroxyl groups is 11. The Kier molecular flexibility index (Phi) is 17.5. The minimum absolute atomic E-state index is 0.0263. The van der Waals surface area contributed by atoms with Crippen LogP contribution in [0.2, 0.25) is 0 Å². The van der Waals surface area contributed by atoms with Gasteiger partial charge in [0.05, 0.1) is 49.5 Å². The van der Waals surface area contributed by atoms with E-state index in [4.69, 9.17) is 52.1 Å². The predicted octanol–water partition coefficient (Wildman–Crippen LogP) is -1.26. The summed E-state index contributed by atoms with van der Waals surface area (Å²) < 4.78 is 65.5. The van der Waals surface area contributed by atoms with Crippen molar-refractivity contribution in [1.29, 1.82) is 0 Å². The van der Waals surface area contributed by atoms with Crippen LogP contribution in [0.3, 0.4) is 0 Å². The van der Waals surface area contributed by atoms with Crippen molar-refractivity contribution >= 4 is 11.9 Å². The molecular formula is C55H86O24. The lowest BCUT2D eigenvalue weighted by atomic mass is 9.41. The molecule has 11 N–H and O–H groups in total. The van der Waals surface area contributed by atoms with Gasteiger partial charge in [-0.1, -0.05) is 51.5 Å². The van der Waals surface area contributed by atoms with E-state index >= 15 is 0 Å². The van der Waals surface area contributed by atoms with Crippen LogP contribution in [0.5, 0.6) is 0 Å². The van der Waals surface area contributed by atoms with Crippen molar-refractivity contribution in [3.8, 4) is 0 Å². The molecule has 27 atom stereocenters. The normalized spacial score (nSPS) is 50.7. The van der Waals surface area contributed by atoms with Crippen molar-refractivity contribution in [3.05, 3.63) is 23.8 Å². The zero-order valence-corrected chi connectivity index (χ0v) is 46.5. The fourth-order valence-electron chi connectivity index (χ4n) is 16.0. The number of rotatable bonds is 15. The molecule has 24 heteroatoms. The molecule has 0 bridgehead atoms. The summed E-state index contributed by atoms with van der Waals surface area (Å²) in [5.41, 5.74) is -3.41. The third-order valence-corrected chi connectivity index (χ3v) is 19.8. The summed E-state index contributed by atoms with van der Waals surface area (Å²) in [4.78, 5) is 27.4. The standard InChI is InChI=1S/C55H86O24/c1-24(58)72-29-19-53(7)26-11-12-32-51(4,5)33(14-17-52(32,6)25(26)13-18-55(53)44(29)54(8,79-49(55)67)16-10-15-50(2,3)68)75-48-43(34(61)27(59)22-71-48)78-46-37(64)36(63)41(31(21-57)74-46)77-45-38(65)40(28(60)23-70-45)76-47-39(66)42(69-9)35(62)30(20-56)73-47/h10-11,15,25,27-48,56-57,59-66,68H,12-14,16-23H2,1-9H3/b15-10+/t25-,27+,28+,29-,30+,31+,32?,33-,34-,35+,36+,37+,38+,39+,40-,41+,42-,43+,44+,45-,46-,47-,48-,52+,53-,54-,55+/m0/s1. The first-order valence-corrected chi connectivity index (χ1v) is 27.9. The van der Waals surface area contributed by atoms with Gasteiger partial charge < -0.3 is 108 Å². The van der Waals surface area contributed by atoms with Crippen LogP contribution in [-0.4, -0.2) is 236 Å². The zero-order chi connectivity index (χ0) is 57.7. The molecule has 9 rings (SSSR count). The zero-order valence-electron chi connectivity index (χ0n) is 46.5. The number of fused-ring (bicyclic) bond motifs is 4. The van der Waals surface area contributed by atoms with Gasteiger partial charge in [-0.25, -0.2) is 0 Å². The number of carbonyl (C=O) groups excluding carboxylic acids is 2. The number of hydrogen-bond acceptors (Lipinski definition) is 24. The Bertz CT molecular complexity index is 2240. The molecule has 0 amide bonds. The maximum atomic E-state index is 14.6. The van der Waals surface area contributed by atoms with Gasteiger partial charge in [-0.2, -0.15) is 0 Å². The summed E-state index contributed by atoms with van der Waals surface area (Å²) in [5, 5.41) is 120. The quantitative estimate of drug-likeness (QED) is 0.0673. The monoisotopic (exact) mass is 1130 g/mol. The molecule has 5 saturated heterocycles. The second kappa shape index (κ2) is 22.6. The topological polar surface area (TPSA) is 358 Å². The van der Waals surface area contributed by atoms with E-state index in [9.17, 15) is 65.8 Å². The number of esters is 2. The van der Waals surface area contributed by atoms with E-state index in [2.05, 4.69) is 33.8 Å². The molecule has 79 heavy (non-hydrogen) atoms. The Morgan fingerprint density at radius 3 is 2.01 bits per heavy atom. The van der Waals surface area contributed by atoms with Crippen LogP contribution in [0.25, 0.3) is 0 Å². The first kappa shape index (κ1) is 61.2. The highest BCUT2D eigenvalue weighted by atomic mass is 16.8. The summed E-state index contributed by atoms with van der Waals surface area (Å²) in [6.45, 7) is 12.9. The average molecular weight is 1130 g/mol. The molecule has 1 unspecified atom stereocenters. The highest BCUT2D eigenvalue weighted by molar-refractivity contribution is 5.84. The molecule has 8 fully saturated rings. The van der Waals surface area contributed by atoms with E-state index in [0.29, 0.717) is 44.9 Å². The van der Waals surface area contributed by atoms with Crippen molar-refractivity contribution in [2.45, 2.75) is 234 Å². The fourth-order valence-corrected chi connectivity index (χ4v) is 16.0. The van der Waals surface area contributed by atoms with E-state index in [1.54, 1.807) is 19.9 Å². The predicted molar refractivity (Wildman–Crippen MR) is 268 cm³/mol. The third-order valence-electron chi connectivity index (χ3n) is 19.8. The smallest absolute Gasteiger partial charge is 0.314 e. The second-order valence-electron chi connectivity index (χ2n) is 25.6. The summed E-state index contributed by atoms with van der Waals surface area (Å²) in [7, 11) is 1.21. The van der Waals surface area contributed by atoms with Crippen molar-refractivity contribution < 1.29 is 118 Å². The first-order valence-electron chi connectivity index (χ1n) is 27.9. The number of aliphatic hydroxyl groups excluding tert-OH is 10. The third kappa shape index (κ3) is 10.5. The van der Waals surface area contributed by atoms with E-state index in [0.717, 1.165) is 0 Å². The van der Waals surface area contributed by atoms with E-state index in [1.165, 1.54) is 19.6 Å². The highest BCUT2D eigenvalue weighted by Crippen LogP contribution is 2.76. The van der Waals surface area contributed by atoms with E-state index < -0.39 is 182 Å². The SMILES string of the molecule is CO[C@@H]1[C@@H](O)[C@H](O[C@@H]2[C@@H](O)[C@H](O[C@H]3[C@H](O)[C@@H](O)[C@H](O[C@H]4[C@H](O[C@H]5CC[C@@]6(C)C(CC=C7[C@@H]6CC[C@]68C(=O)O[C@@](C)(C/C=C/C(C)(C)O)[C@H]6[C@@H](OC(C)=O)C[C@@]78C)C5(C)C)OC[C@@H](O)[C@@H]4O)O[C@@H]3CO)OC[C@H]2O)O[C@H](CO)[C@H]1O. The molecule has 5 heterocycles. The van der Waals surface area contributed by atoms with Crippen molar-refractivity contribution in [2.75, 3.05) is 33.5 Å². The number of ether oxygens (including phenoxy) is 11. The average Bonchev–Trinajstić information content (AvgIpc) is 2.39. The maximum Gasteiger partial charge on any atom is 0.314 e. The van der Waals surface area contributed by atoms with Gasteiger partial charge in [-0.15, -0.1) is 0 Å². The number of cyclic esters (lactones) is 1. The van der Waals surface area contributed by atoms with Crippen LogP contribution >= 0.6 is 0 Å². The Labute approximate surface area is 459 Å². The van der Waals surface area contributed by atoms with Crippen molar-refractivity contribution in [3.63, 3.8) is 0 Å². The summed E-state index contributed by atoms with van der Waals surface area (Å²) in [5.74, 6) is -1.08. The number of allylic oxidation sites excluding steroid dienone is 2. The fraction of sp³-hybridized carbons (Fsp3) is 0.891. The highest BCUT2D eigenvalue weighted by Gasteiger charge is 2.79. The van der Waals surface area contributed by atoms with Gasteiger partial charge in [-0.3, -0.25) is 9.59 Å². The maximum absolute atomic E-state index is 14.6. The molecule has 4 aliphatic carbocycles. The molecule has 0 aromatic carbocycles. The van der Waals surface area contributed by atoms with E-state index in [-0.39, 0.29) is 29.8 Å². The van der Waals surface area contributed by atoms with Gasteiger partial charge in [-0.05, 0) is 82.0 Å². The van der Waals surface area contributed by atoms with Gasteiger partial charge in [0, 0.05) is 25.9 Å². The lowest BCUT2D eigenvalue weighted by Crippen LogP contribution is -2.66. The summed E-state index contributed by atoms with van der Waals surface area (Å²) in [6, 6.07) is 0. The molecule has 5 aliphatic heterocycles. The van der Waals surface area contributed by atoms with Gasteiger partial charge in [0.1, 0.15) is 97.2 Å². The molecule has 0 aromatic rings. The Morgan fingerprint density at radius 2 is 1.35 bits per heavy atom. The van der Waals surface area contributed by atoms with Crippen LogP contribution < -0.4 is 0 Å². The Hall–Kier alpha value is -2.38. The van der Waals surface area contributed by atoms with Crippen LogP contribution in [0, 0.1) is 39.4 Å². The van der Waals surface area contributed by atoms with Crippen LogP contribution in [0.1, 0.15) is 100 Å². The molecule has 0 aromatic heterocycles. The molecule has 24 nitrogen and oxygen atoms in total. The van der Waals surface area contributed by atoms with Crippen LogP contribution in [-0.2, 0) is 61.7 Å². The molecule has 0 radical (unpaired) electrons. The molecule has 1 spiro atoms. The molecule has 450 valence electrons. The molecule has 9 aliphatic rings. The lowest BCUT2D eigenvalue weighted by molar-refractivity contribution is -0.385. The molecular weight excluding hydrogens is 1040 g/mol. The second-order valence-corrected chi connectivity index (χ2v) is 25.6. The molecule has 3 saturated carbocycles. The van der Waals surface area contributed by atoms with Gasteiger partial charge in [0.15, 0.2) is 25.2 Å². The summed E-state index contributed by atoms with van der Waals surface area (Å²) >= 11 is 0. The van der Waals surface area contributed by atoms with Crippen molar-refractivity contribution in [1.82, 2.24) is 0 Å². The van der Waals surface area contributed by atoms with Gasteiger partial charge in [0.25, 0.3) is 0 Å². The number of hydrogen-bond donors (Lipinski definition) is 11. The first-order chi connectivity index (χ1) is 37.0. The number of carbonyl (C=O) groups is 2. The summed E-state index contributed by atoms with van der Waals surface area (Å²) in [6.07, 6.45) is -20.2. The van der Waals surface area contributed by atoms with Crippen molar-refractivity contribution in [2.24, 2.45) is 39.4 Å². The minimum atomic E-state index is -1.96. The van der Waals surface area contributed by atoms with E-state index in [1.807, 2.05) is 13.0 Å². The Morgan fingerprint density at radius 1 is 0.734 bits per heavy atom. The van der Waals surface area contributed by atoms with Gasteiger partial charge >= 0.3 is 11.9 Å². The lowest BCUT2D eigenvalue weighted by Gasteiger charge is -2.63.